The first-order chi connectivity index (χ1) is 13.2. The maximum atomic E-state index is 11.1. The van der Waals surface area contributed by atoms with Gasteiger partial charge in [-0.3, -0.25) is 14.6 Å². The van der Waals surface area contributed by atoms with Crippen molar-refractivity contribution >= 4 is 17.0 Å². The number of nitrogens with one attached hydrogen (secondary N) is 1. The predicted molar refractivity (Wildman–Crippen MR) is 103 cm³/mol. The molecule has 0 aliphatic carbocycles. The van der Waals surface area contributed by atoms with E-state index in [1.54, 1.807) is 0 Å². The van der Waals surface area contributed by atoms with Crippen LogP contribution in [0.4, 0.5) is 0 Å². The summed E-state index contributed by atoms with van der Waals surface area (Å²) in [5.74, 6) is 0.653. The molecule has 7 heteroatoms. The molecule has 0 radical (unpaired) electrons. The second kappa shape index (κ2) is 8.37. The number of aromatic nitrogens is 2. The molecule has 1 aromatic heterocycles. The Morgan fingerprint density at radius 1 is 1.26 bits per heavy atom. The first-order valence-electron chi connectivity index (χ1n) is 9.88. The van der Waals surface area contributed by atoms with Crippen molar-refractivity contribution in [3.8, 4) is 0 Å². The summed E-state index contributed by atoms with van der Waals surface area (Å²) in [6.45, 7) is 6.20. The minimum absolute atomic E-state index is 0.240. The molecule has 27 heavy (non-hydrogen) atoms. The summed E-state index contributed by atoms with van der Waals surface area (Å²) in [5, 5.41) is 9.16. The number of carboxylic acids is 1. The molecule has 146 valence electrons. The van der Waals surface area contributed by atoms with Crippen LogP contribution in [0.3, 0.4) is 0 Å². The van der Waals surface area contributed by atoms with E-state index < -0.39 is 5.97 Å². The fourth-order valence-electron chi connectivity index (χ4n) is 4.51. The van der Waals surface area contributed by atoms with Crippen LogP contribution in [-0.4, -0.2) is 76.3 Å². The van der Waals surface area contributed by atoms with E-state index in [4.69, 9.17) is 14.8 Å². The monoisotopic (exact) mass is 372 g/mol. The van der Waals surface area contributed by atoms with Crippen molar-refractivity contribution in [3.05, 3.63) is 30.1 Å². The lowest BCUT2D eigenvalue weighted by molar-refractivity contribution is -0.137. The summed E-state index contributed by atoms with van der Waals surface area (Å²) in [5.41, 5.74) is 2.07. The van der Waals surface area contributed by atoms with Crippen molar-refractivity contribution in [1.29, 1.82) is 0 Å². The summed E-state index contributed by atoms with van der Waals surface area (Å²) in [7, 11) is 0. The van der Waals surface area contributed by atoms with Gasteiger partial charge in [-0.25, -0.2) is 4.98 Å². The fraction of sp³-hybridized carbons (Fsp3) is 0.600. The molecule has 2 N–H and O–H groups in total. The number of hydrogen-bond donors (Lipinski definition) is 2. The van der Waals surface area contributed by atoms with E-state index in [0.717, 1.165) is 75.6 Å². The van der Waals surface area contributed by atoms with Crippen molar-refractivity contribution < 1.29 is 14.6 Å². The quantitative estimate of drug-likeness (QED) is 0.807. The zero-order valence-electron chi connectivity index (χ0n) is 15.6. The molecule has 0 unspecified atom stereocenters. The minimum Gasteiger partial charge on any atom is -0.481 e. The number of carbonyl (C=O) groups is 1. The third kappa shape index (κ3) is 4.48. The Balaban J connectivity index is 1.43. The molecule has 0 saturated carbocycles. The number of H-pyrrole nitrogens is 1. The molecule has 2 aromatic rings. The van der Waals surface area contributed by atoms with E-state index in [-0.39, 0.29) is 6.42 Å². The maximum absolute atomic E-state index is 11.1. The lowest BCUT2D eigenvalue weighted by Crippen LogP contribution is -2.53. The Labute approximate surface area is 159 Å². The van der Waals surface area contributed by atoms with Gasteiger partial charge in [0.15, 0.2) is 0 Å². The van der Waals surface area contributed by atoms with E-state index in [1.807, 2.05) is 24.3 Å². The van der Waals surface area contributed by atoms with Crippen LogP contribution in [0.15, 0.2) is 24.3 Å². The number of aliphatic carboxylic acids is 1. The van der Waals surface area contributed by atoms with Gasteiger partial charge < -0.3 is 14.8 Å². The van der Waals surface area contributed by atoms with Gasteiger partial charge in [0, 0.05) is 38.6 Å². The molecule has 0 bridgehead atoms. The number of imidazole rings is 1. The summed E-state index contributed by atoms with van der Waals surface area (Å²) >= 11 is 0. The smallest absolute Gasteiger partial charge is 0.303 e. The standard InChI is InChI=1S/C20H28N4O3/c25-20(26)6-5-15-13-23(8-7-18(15)24-9-11-27-12-10-24)14-19-21-16-3-1-2-4-17(16)22-19/h1-4,15,18H,5-14H2,(H,21,22)(H,25,26)/t15-,18+/m1/s1. The van der Waals surface area contributed by atoms with Crippen LogP contribution in [0.5, 0.6) is 0 Å². The van der Waals surface area contributed by atoms with Crippen molar-refractivity contribution in [1.82, 2.24) is 19.8 Å². The molecule has 4 rings (SSSR count). The highest BCUT2D eigenvalue weighted by Gasteiger charge is 2.34. The van der Waals surface area contributed by atoms with Crippen LogP contribution in [0.25, 0.3) is 11.0 Å². The number of rotatable bonds is 6. The molecular formula is C20H28N4O3. The van der Waals surface area contributed by atoms with Gasteiger partial charge >= 0.3 is 5.97 Å². The van der Waals surface area contributed by atoms with Gasteiger partial charge in [-0.2, -0.15) is 0 Å². The Morgan fingerprint density at radius 3 is 2.85 bits per heavy atom. The summed E-state index contributed by atoms with van der Waals surface area (Å²) in [4.78, 5) is 24.2. The van der Waals surface area contributed by atoms with Gasteiger partial charge in [0.1, 0.15) is 5.82 Å². The highest BCUT2D eigenvalue weighted by molar-refractivity contribution is 5.74. The summed E-state index contributed by atoms with van der Waals surface area (Å²) in [6.07, 6.45) is 2.04. The third-order valence-electron chi connectivity index (χ3n) is 5.83. The van der Waals surface area contributed by atoms with E-state index in [9.17, 15) is 4.79 Å². The van der Waals surface area contributed by atoms with Crippen LogP contribution in [0.1, 0.15) is 25.1 Å². The Kier molecular flexibility index (Phi) is 5.71. The number of morpholine rings is 1. The molecule has 3 heterocycles. The highest BCUT2D eigenvalue weighted by Crippen LogP contribution is 2.28. The Bertz CT molecular complexity index is 738. The normalized spacial score (nSPS) is 25.0. The molecule has 2 atom stereocenters. The zero-order valence-corrected chi connectivity index (χ0v) is 15.6. The van der Waals surface area contributed by atoms with Crippen molar-refractivity contribution in [2.45, 2.75) is 31.8 Å². The van der Waals surface area contributed by atoms with Crippen LogP contribution in [0.2, 0.25) is 0 Å². The largest absolute Gasteiger partial charge is 0.481 e. The van der Waals surface area contributed by atoms with E-state index in [0.29, 0.717) is 12.0 Å². The topological polar surface area (TPSA) is 81.7 Å². The molecule has 2 aliphatic heterocycles. The van der Waals surface area contributed by atoms with Gasteiger partial charge in [0.05, 0.1) is 30.8 Å². The number of aromatic amines is 1. The number of hydrogen-bond acceptors (Lipinski definition) is 5. The van der Waals surface area contributed by atoms with Crippen molar-refractivity contribution in [2.75, 3.05) is 39.4 Å². The number of ether oxygens (including phenoxy) is 1. The number of nitrogens with zero attached hydrogens (tertiary/aromatic N) is 3. The van der Waals surface area contributed by atoms with Crippen LogP contribution >= 0.6 is 0 Å². The van der Waals surface area contributed by atoms with Crippen molar-refractivity contribution in [2.24, 2.45) is 5.92 Å². The van der Waals surface area contributed by atoms with Crippen LogP contribution in [0, 0.1) is 5.92 Å². The number of likely N-dealkylation sites (tertiary alicyclic amines) is 1. The first kappa shape index (κ1) is 18.4. The van der Waals surface area contributed by atoms with E-state index in [1.165, 1.54) is 0 Å². The lowest BCUT2D eigenvalue weighted by Gasteiger charge is -2.45. The SMILES string of the molecule is O=C(O)CC[C@@H]1CN(Cc2nc3ccccc3[nH]2)CC[C@@H]1N1CCOCC1. The van der Waals surface area contributed by atoms with Gasteiger partial charge in [0.2, 0.25) is 0 Å². The molecule has 2 saturated heterocycles. The molecular weight excluding hydrogens is 344 g/mol. The maximum Gasteiger partial charge on any atom is 0.303 e. The Hall–Kier alpha value is -1.96. The summed E-state index contributed by atoms with van der Waals surface area (Å²) < 4.78 is 5.49. The van der Waals surface area contributed by atoms with Gasteiger partial charge in [-0.15, -0.1) is 0 Å². The second-order valence-corrected chi connectivity index (χ2v) is 7.63. The number of piperidine rings is 1. The average Bonchev–Trinajstić information content (AvgIpc) is 3.09. The number of fused-ring (bicyclic) bond motifs is 1. The van der Waals surface area contributed by atoms with Gasteiger partial charge in [0.25, 0.3) is 0 Å². The fourth-order valence-corrected chi connectivity index (χ4v) is 4.51. The van der Waals surface area contributed by atoms with E-state index in [2.05, 4.69) is 14.8 Å². The lowest BCUT2D eigenvalue weighted by atomic mass is 9.86. The molecule has 0 spiro atoms. The number of para-hydroxylation sites is 2. The summed E-state index contributed by atoms with van der Waals surface area (Å²) in [6, 6.07) is 8.55. The van der Waals surface area contributed by atoms with Crippen molar-refractivity contribution in [3.63, 3.8) is 0 Å². The van der Waals surface area contributed by atoms with Crippen LogP contribution in [-0.2, 0) is 16.1 Å². The minimum atomic E-state index is -0.704. The molecule has 2 fully saturated rings. The van der Waals surface area contributed by atoms with E-state index >= 15 is 0 Å². The second-order valence-electron chi connectivity index (χ2n) is 7.63. The zero-order chi connectivity index (χ0) is 18.6. The first-order valence-corrected chi connectivity index (χ1v) is 9.88. The molecule has 1 aromatic carbocycles. The number of carboxylic acid groups (broad SMARTS) is 1. The van der Waals surface area contributed by atoms with Gasteiger partial charge in [-0.05, 0) is 30.9 Å². The average molecular weight is 372 g/mol. The Morgan fingerprint density at radius 2 is 2.07 bits per heavy atom. The molecule has 7 nitrogen and oxygen atoms in total. The molecule has 0 amide bonds. The number of benzene rings is 1. The highest BCUT2D eigenvalue weighted by atomic mass is 16.5. The third-order valence-corrected chi connectivity index (χ3v) is 5.83. The molecule has 2 aliphatic rings. The predicted octanol–water partition coefficient (Wildman–Crippen LogP) is 1.95. The van der Waals surface area contributed by atoms with Crippen LogP contribution < -0.4 is 0 Å². The van der Waals surface area contributed by atoms with Gasteiger partial charge in [-0.1, -0.05) is 12.1 Å².